The van der Waals surface area contributed by atoms with Crippen molar-refractivity contribution < 1.29 is 9.47 Å². The van der Waals surface area contributed by atoms with E-state index >= 15 is 0 Å². The number of ether oxygens (including phenoxy) is 2. The average Bonchev–Trinajstić information content (AvgIpc) is 2.77. The molecule has 3 nitrogen and oxygen atoms in total. The van der Waals surface area contributed by atoms with Gasteiger partial charge in [-0.25, -0.2) is 0 Å². The summed E-state index contributed by atoms with van der Waals surface area (Å²) in [6.07, 6.45) is 1.83. The third-order valence-corrected chi connectivity index (χ3v) is 5.89. The lowest BCUT2D eigenvalue weighted by Crippen LogP contribution is -1.98. The van der Waals surface area contributed by atoms with Gasteiger partial charge in [-0.2, -0.15) is 0 Å². The molecule has 0 aliphatic rings. The molecule has 0 unspecified atom stereocenters. The Bertz CT molecular complexity index is 1180. The number of rotatable bonds is 6. The molecule has 0 saturated carbocycles. The number of hydrogen-bond donors (Lipinski definition) is 0. The fourth-order valence-corrected chi connectivity index (χ4v) is 4.63. The Hall–Kier alpha value is -2.63. The molecule has 0 radical (unpaired) electrons. The average molecular weight is 525 g/mol. The Morgan fingerprint density at radius 3 is 2.30 bits per heavy atom. The van der Waals surface area contributed by atoms with Crippen LogP contribution < -0.4 is 9.47 Å². The number of halogens is 2. The third-order valence-electron chi connectivity index (χ3n) is 4.71. The number of nitrogens with zero attached hydrogens (tertiary/aromatic N) is 1. The lowest BCUT2D eigenvalue weighted by molar-refractivity contribution is 0.303. The summed E-state index contributed by atoms with van der Waals surface area (Å²) in [7, 11) is 1.65. The Balaban J connectivity index is 1.51. The van der Waals surface area contributed by atoms with E-state index in [1.807, 2.05) is 48.7 Å². The quantitative estimate of drug-likeness (QED) is 0.242. The summed E-state index contributed by atoms with van der Waals surface area (Å²) < 4.78 is 13.1. The molecule has 0 amide bonds. The summed E-state index contributed by atoms with van der Waals surface area (Å²) in [5.74, 6) is 1.58. The van der Waals surface area contributed by atoms with E-state index in [2.05, 4.69) is 73.3 Å². The van der Waals surface area contributed by atoms with Gasteiger partial charge < -0.3 is 9.47 Å². The second-order valence-corrected chi connectivity index (χ2v) is 8.41. The number of aliphatic imine (C=N–C) groups is 1. The number of methoxy groups -OCH3 is 1. The molecule has 0 aliphatic carbocycles. The highest BCUT2D eigenvalue weighted by atomic mass is 79.9. The van der Waals surface area contributed by atoms with Crippen LogP contribution in [-0.4, -0.2) is 13.3 Å². The van der Waals surface area contributed by atoms with E-state index in [4.69, 9.17) is 9.47 Å². The van der Waals surface area contributed by atoms with Crippen LogP contribution in [0.4, 0.5) is 5.69 Å². The maximum atomic E-state index is 6.15. The smallest absolute Gasteiger partial charge is 0.148 e. The normalized spacial score (nSPS) is 11.2. The fourth-order valence-electron chi connectivity index (χ4n) is 3.18. The van der Waals surface area contributed by atoms with Gasteiger partial charge in [0, 0.05) is 6.21 Å². The summed E-state index contributed by atoms with van der Waals surface area (Å²) in [5.41, 5.74) is 2.97. The van der Waals surface area contributed by atoms with E-state index in [9.17, 15) is 0 Å². The first-order valence-corrected chi connectivity index (χ1v) is 11.0. The molecular weight excluding hydrogens is 506 g/mol. The molecule has 0 aromatic heterocycles. The second-order valence-electron chi connectivity index (χ2n) is 6.70. The van der Waals surface area contributed by atoms with Crippen molar-refractivity contribution in [2.24, 2.45) is 4.99 Å². The molecule has 4 aromatic carbocycles. The zero-order chi connectivity index (χ0) is 20.9. The number of benzene rings is 4. The van der Waals surface area contributed by atoms with Crippen molar-refractivity contribution in [3.8, 4) is 11.5 Å². The summed E-state index contributed by atoms with van der Waals surface area (Å²) in [6.45, 7) is 0.484. The van der Waals surface area contributed by atoms with Crippen LogP contribution in [0.2, 0.25) is 0 Å². The monoisotopic (exact) mass is 523 g/mol. The molecule has 4 aromatic rings. The van der Waals surface area contributed by atoms with Crippen LogP contribution in [0.25, 0.3) is 10.8 Å². The first-order valence-electron chi connectivity index (χ1n) is 9.40. The SMILES string of the molecule is COc1ccc(N=Cc2cc(Br)c(OCc3cccc4ccccc34)c(Br)c2)cc1. The molecule has 150 valence electrons. The van der Waals surface area contributed by atoms with Crippen LogP contribution >= 0.6 is 31.9 Å². The first kappa shape index (κ1) is 20.6. The standard InChI is InChI=1S/C25H19Br2NO2/c1-29-21-11-9-20(10-12-21)28-15-17-13-23(26)25(24(27)14-17)30-16-19-7-4-6-18-5-2-3-8-22(18)19/h2-15H,16H2,1H3. The molecule has 0 N–H and O–H groups in total. The van der Waals surface area contributed by atoms with Crippen molar-refractivity contribution in [1.29, 1.82) is 0 Å². The topological polar surface area (TPSA) is 30.8 Å². The van der Waals surface area contributed by atoms with Gasteiger partial charge in [0.1, 0.15) is 18.1 Å². The Morgan fingerprint density at radius 1 is 0.867 bits per heavy atom. The minimum Gasteiger partial charge on any atom is -0.497 e. The van der Waals surface area contributed by atoms with Crippen LogP contribution in [0.3, 0.4) is 0 Å². The van der Waals surface area contributed by atoms with Crippen molar-refractivity contribution >= 4 is 54.5 Å². The van der Waals surface area contributed by atoms with Gasteiger partial charge in [-0.15, -0.1) is 0 Å². The van der Waals surface area contributed by atoms with Gasteiger partial charge in [0.05, 0.1) is 21.7 Å². The first-order chi connectivity index (χ1) is 14.6. The van der Waals surface area contributed by atoms with Gasteiger partial charge in [-0.3, -0.25) is 4.99 Å². The van der Waals surface area contributed by atoms with Crippen molar-refractivity contribution in [2.45, 2.75) is 6.61 Å². The summed E-state index contributed by atoms with van der Waals surface area (Å²) in [4.78, 5) is 4.53. The maximum absolute atomic E-state index is 6.15. The van der Waals surface area contributed by atoms with E-state index in [0.717, 1.165) is 37.3 Å². The molecule has 0 bridgehead atoms. The van der Waals surface area contributed by atoms with E-state index in [-0.39, 0.29) is 0 Å². The predicted molar refractivity (Wildman–Crippen MR) is 130 cm³/mol. The molecule has 0 atom stereocenters. The van der Waals surface area contributed by atoms with E-state index in [1.165, 1.54) is 10.8 Å². The minimum atomic E-state index is 0.484. The van der Waals surface area contributed by atoms with E-state index in [0.29, 0.717) is 6.61 Å². The Morgan fingerprint density at radius 2 is 1.57 bits per heavy atom. The molecule has 5 heteroatoms. The van der Waals surface area contributed by atoms with Gasteiger partial charge >= 0.3 is 0 Å². The fraction of sp³-hybridized carbons (Fsp3) is 0.0800. The highest BCUT2D eigenvalue weighted by Crippen LogP contribution is 2.35. The molecular formula is C25H19Br2NO2. The minimum absolute atomic E-state index is 0.484. The van der Waals surface area contributed by atoms with Gasteiger partial charge in [-0.1, -0.05) is 42.5 Å². The lowest BCUT2D eigenvalue weighted by Gasteiger charge is -2.13. The molecule has 0 spiro atoms. The van der Waals surface area contributed by atoms with Crippen molar-refractivity contribution in [3.05, 3.63) is 98.9 Å². The van der Waals surface area contributed by atoms with Gasteiger partial charge in [0.25, 0.3) is 0 Å². The highest BCUT2D eigenvalue weighted by Gasteiger charge is 2.10. The summed E-state index contributed by atoms with van der Waals surface area (Å²) in [6, 6.07) is 26.2. The van der Waals surface area contributed by atoms with E-state index < -0.39 is 0 Å². The highest BCUT2D eigenvalue weighted by molar-refractivity contribution is 9.11. The third kappa shape index (κ3) is 4.74. The van der Waals surface area contributed by atoms with Crippen LogP contribution in [0.5, 0.6) is 11.5 Å². The largest absolute Gasteiger partial charge is 0.497 e. The van der Waals surface area contributed by atoms with Crippen LogP contribution in [0.1, 0.15) is 11.1 Å². The van der Waals surface area contributed by atoms with Crippen molar-refractivity contribution in [2.75, 3.05) is 7.11 Å². The second kappa shape index (κ2) is 9.45. The van der Waals surface area contributed by atoms with Crippen LogP contribution in [0, 0.1) is 0 Å². The molecule has 0 aliphatic heterocycles. The van der Waals surface area contributed by atoms with Gasteiger partial charge in [-0.05, 0) is 90.2 Å². The van der Waals surface area contributed by atoms with Crippen molar-refractivity contribution in [1.82, 2.24) is 0 Å². The molecule has 0 fully saturated rings. The van der Waals surface area contributed by atoms with Gasteiger partial charge in [0.2, 0.25) is 0 Å². The van der Waals surface area contributed by atoms with Crippen molar-refractivity contribution in [3.63, 3.8) is 0 Å². The van der Waals surface area contributed by atoms with E-state index in [1.54, 1.807) is 7.11 Å². The molecule has 0 heterocycles. The summed E-state index contributed by atoms with van der Waals surface area (Å²) >= 11 is 7.27. The van der Waals surface area contributed by atoms with Gasteiger partial charge in [0.15, 0.2) is 0 Å². The zero-order valence-corrected chi connectivity index (χ0v) is 19.5. The van der Waals surface area contributed by atoms with Crippen LogP contribution in [-0.2, 0) is 6.61 Å². The van der Waals surface area contributed by atoms with Crippen LogP contribution in [0.15, 0.2) is 92.8 Å². The Labute approximate surface area is 192 Å². The Kier molecular flexibility index (Phi) is 6.50. The maximum Gasteiger partial charge on any atom is 0.148 e. The molecule has 30 heavy (non-hydrogen) atoms. The molecule has 0 saturated heterocycles. The lowest BCUT2D eigenvalue weighted by atomic mass is 10.1. The predicted octanol–water partition coefficient (Wildman–Crippen LogP) is 7.70. The summed E-state index contributed by atoms with van der Waals surface area (Å²) in [5, 5.41) is 2.41. The number of hydrogen-bond acceptors (Lipinski definition) is 3. The molecule has 4 rings (SSSR count). The number of fused-ring (bicyclic) bond motifs is 1. The zero-order valence-electron chi connectivity index (χ0n) is 16.3.